The van der Waals surface area contributed by atoms with E-state index in [1.807, 2.05) is 0 Å². The molecule has 0 aliphatic rings. The van der Waals surface area contributed by atoms with Crippen LogP contribution < -0.4 is 16.4 Å². The van der Waals surface area contributed by atoms with E-state index in [9.17, 15) is 0 Å². The summed E-state index contributed by atoms with van der Waals surface area (Å²) in [5.41, 5.74) is 11.5. The van der Waals surface area contributed by atoms with Crippen LogP contribution in [0.4, 0.5) is 17.8 Å². The molecule has 4 N–H and O–H groups in total. The van der Waals surface area contributed by atoms with Gasteiger partial charge < -0.3 is 20.8 Å². The second-order valence-corrected chi connectivity index (χ2v) is 3.31. The Kier molecular flexibility index (Phi) is 2.31. The van der Waals surface area contributed by atoms with Crippen molar-refractivity contribution in [1.29, 1.82) is 0 Å². The van der Waals surface area contributed by atoms with Crippen molar-refractivity contribution >= 4 is 17.8 Å². The standard InChI is InChI=1S/C8H11N7O/c1-15(2)8-14-13-6(16-8)4-3-11-7(10)12-5(4)9/h3H,1-2H3,(H4,9,10,11,12). The molecule has 0 fully saturated rings. The molecule has 8 heteroatoms. The van der Waals surface area contributed by atoms with Gasteiger partial charge in [0.25, 0.3) is 5.89 Å². The van der Waals surface area contributed by atoms with E-state index in [2.05, 4.69) is 20.2 Å². The van der Waals surface area contributed by atoms with Gasteiger partial charge in [-0.2, -0.15) is 4.98 Å². The van der Waals surface area contributed by atoms with Crippen molar-refractivity contribution in [3.8, 4) is 11.5 Å². The number of anilines is 3. The molecule has 0 radical (unpaired) electrons. The fraction of sp³-hybridized carbons (Fsp3) is 0.250. The maximum absolute atomic E-state index is 5.67. The molecule has 0 atom stereocenters. The first kappa shape index (κ1) is 10.1. The molecule has 0 aromatic carbocycles. The minimum absolute atomic E-state index is 0.105. The van der Waals surface area contributed by atoms with Crippen molar-refractivity contribution in [2.45, 2.75) is 0 Å². The Morgan fingerprint density at radius 2 is 2.00 bits per heavy atom. The third-order valence-corrected chi connectivity index (χ3v) is 1.86. The second-order valence-electron chi connectivity index (χ2n) is 3.31. The first-order chi connectivity index (χ1) is 7.58. The van der Waals surface area contributed by atoms with Gasteiger partial charge in [0.1, 0.15) is 5.82 Å². The number of aromatic nitrogens is 4. The van der Waals surface area contributed by atoms with E-state index in [0.717, 1.165) is 0 Å². The van der Waals surface area contributed by atoms with Crippen molar-refractivity contribution < 1.29 is 4.42 Å². The average molecular weight is 221 g/mol. The van der Waals surface area contributed by atoms with E-state index < -0.39 is 0 Å². The molecule has 0 saturated carbocycles. The summed E-state index contributed by atoms with van der Waals surface area (Å²) < 4.78 is 5.35. The molecule has 2 heterocycles. The maximum atomic E-state index is 5.67. The summed E-state index contributed by atoms with van der Waals surface area (Å²) in [4.78, 5) is 9.31. The molecular formula is C8H11N7O. The molecule has 2 rings (SSSR count). The maximum Gasteiger partial charge on any atom is 0.317 e. The molecule has 8 nitrogen and oxygen atoms in total. The van der Waals surface area contributed by atoms with Gasteiger partial charge in [-0.15, -0.1) is 5.10 Å². The van der Waals surface area contributed by atoms with E-state index in [1.165, 1.54) is 6.20 Å². The zero-order valence-electron chi connectivity index (χ0n) is 8.88. The summed E-state index contributed by atoms with van der Waals surface area (Å²) in [7, 11) is 3.58. The van der Waals surface area contributed by atoms with Crippen molar-refractivity contribution in [2.75, 3.05) is 30.5 Å². The van der Waals surface area contributed by atoms with Crippen LogP contribution >= 0.6 is 0 Å². The van der Waals surface area contributed by atoms with E-state index in [4.69, 9.17) is 15.9 Å². The van der Waals surface area contributed by atoms with E-state index in [0.29, 0.717) is 11.6 Å². The van der Waals surface area contributed by atoms with Gasteiger partial charge in [0, 0.05) is 20.3 Å². The van der Waals surface area contributed by atoms with Gasteiger partial charge >= 0.3 is 6.01 Å². The van der Waals surface area contributed by atoms with E-state index in [1.54, 1.807) is 19.0 Å². The highest BCUT2D eigenvalue weighted by atomic mass is 16.4. The molecule has 0 aliphatic carbocycles. The first-order valence-electron chi connectivity index (χ1n) is 4.47. The van der Waals surface area contributed by atoms with Crippen LogP contribution in [0.5, 0.6) is 0 Å². The summed E-state index contributed by atoms with van der Waals surface area (Å²) in [5, 5.41) is 7.66. The first-order valence-corrected chi connectivity index (χ1v) is 4.47. The number of nitrogen functional groups attached to an aromatic ring is 2. The molecule has 0 aliphatic heterocycles. The Morgan fingerprint density at radius 3 is 2.56 bits per heavy atom. The topological polar surface area (TPSA) is 120 Å². The van der Waals surface area contributed by atoms with Gasteiger partial charge in [0.2, 0.25) is 5.95 Å². The molecule has 84 valence electrons. The van der Waals surface area contributed by atoms with Gasteiger partial charge in [-0.1, -0.05) is 5.10 Å². The largest absolute Gasteiger partial charge is 0.403 e. The predicted octanol–water partition coefficient (Wildman–Crippen LogP) is -0.243. The second kappa shape index (κ2) is 3.65. The zero-order valence-corrected chi connectivity index (χ0v) is 8.88. The van der Waals surface area contributed by atoms with Crippen LogP contribution in [-0.4, -0.2) is 34.3 Å². The van der Waals surface area contributed by atoms with Crippen molar-refractivity contribution in [3.05, 3.63) is 6.20 Å². The summed E-state index contributed by atoms with van der Waals surface area (Å²) in [6, 6.07) is 0.381. The van der Waals surface area contributed by atoms with Crippen molar-refractivity contribution in [3.63, 3.8) is 0 Å². The zero-order chi connectivity index (χ0) is 11.7. The lowest BCUT2D eigenvalue weighted by molar-refractivity contribution is 0.566. The quantitative estimate of drug-likeness (QED) is 0.712. The summed E-state index contributed by atoms with van der Waals surface area (Å²) in [6.07, 6.45) is 1.45. The predicted molar refractivity (Wildman–Crippen MR) is 58.5 cm³/mol. The van der Waals surface area contributed by atoms with Gasteiger partial charge in [0.05, 0.1) is 5.56 Å². The normalized spacial score (nSPS) is 10.4. The van der Waals surface area contributed by atoms with Crippen molar-refractivity contribution in [2.24, 2.45) is 0 Å². The Morgan fingerprint density at radius 1 is 1.25 bits per heavy atom. The summed E-state index contributed by atoms with van der Waals surface area (Å²) in [5.74, 6) is 0.580. The fourth-order valence-electron chi connectivity index (χ4n) is 1.08. The molecule has 16 heavy (non-hydrogen) atoms. The molecule has 2 aromatic rings. The third-order valence-electron chi connectivity index (χ3n) is 1.86. The minimum atomic E-state index is 0.105. The lowest BCUT2D eigenvalue weighted by Gasteiger charge is -2.03. The molecule has 2 aromatic heterocycles. The van der Waals surface area contributed by atoms with E-state index >= 15 is 0 Å². The van der Waals surface area contributed by atoms with Crippen LogP contribution in [0.15, 0.2) is 10.6 Å². The summed E-state index contributed by atoms with van der Waals surface area (Å²) >= 11 is 0. The number of nitrogens with zero attached hydrogens (tertiary/aromatic N) is 5. The van der Waals surface area contributed by atoms with Crippen LogP contribution in [0.1, 0.15) is 0 Å². The molecule has 0 spiro atoms. The van der Waals surface area contributed by atoms with Gasteiger partial charge in [-0.25, -0.2) is 4.98 Å². The Labute approximate surface area is 91.3 Å². The highest BCUT2D eigenvalue weighted by Gasteiger charge is 2.14. The highest BCUT2D eigenvalue weighted by molar-refractivity contribution is 5.66. The fourth-order valence-corrected chi connectivity index (χ4v) is 1.08. The van der Waals surface area contributed by atoms with E-state index in [-0.39, 0.29) is 17.7 Å². The number of hydrogen-bond donors (Lipinski definition) is 2. The lowest BCUT2D eigenvalue weighted by Crippen LogP contribution is -2.08. The number of hydrogen-bond acceptors (Lipinski definition) is 8. The van der Waals surface area contributed by atoms with Gasteiger partial charge in [0.15, 0.2) is 0 Å². The van der Waals surface area contributed by atoms with Crippen LogP contribution in [0.2, 0.25) is 0 Å². The van der Waals surface area contributed by atoms with Gasteiger partial charge in [-0.3, -0.25) is 0 Å². The molecule has 0 unspecified atom stereocenters. The molecule has 0 amide bonds. The Hall–Kier alpha value is -2.38. The van der Waals surface area contributed by atoms with Crippen LogP contribution in [0, 0.1) is 0 Å². The monoisotopic (exact) mass is 221 g/mol. The Balaban J connectivity index is 2.42. The van der Waals surface area contributed by atoms with Crippen LogP contribution in [0.25, 0.3) is 11.5 Å². The number of rotatable bonds is 2. The highest BCUT2D eigenvalue weighted by Crippen LogP contribution is 2.24. The van der Waals surface area contributed by atoms with Crippen molar-refractivity contribution in [1.82, 2.24) is 20.2 Å². The Bertz CT molecular complexity index is 507. The minimum Gasteiger partial charge on any atom is -0.403 e. The molecule has 0 saturated heterocycles. The molecule has 0 bridgehead atoms. The smallest absolute Gasteiger partial charge is 0.317 e. The third kappa shape index (κ3) is 1.72. The average Bonchev–Trinajstić information content (AvgIpc) is 2.66. The number of nitrogens with two attached hydrogens (primary N) is 2. The van der Waals surface area contributed by atoms with Gasteiger partial charge in [-0.05, 0) is 0 Å². The van der Waals surface area contributed by atoms with Crippen LogP contribution in [-0.2, 0) is 0 Å². The lowest BCUT2D eigenvalue weighted by atomic mass is 10.3. The van der Waals surface area contributed by atoms with Crippen LogP contribution in [0.3, 0.4) is 0 Å². The SMILES string of the molecule is CN(C)c1nnc(-c2cnc(N)nc2N)o1. The molecular weight excluding hydrogens is 210 g/mol. The summed E-state index contributed by atoms with van der Waals surface area (Å²) in [6.45, 7) is 0.